The van der Waals surface area contributed by atoms with Gasteiger partial charge in [-0.3, -0.25) is 19.4 Å². The number of fused-ring (bicyclic) bond motifs is 2. The number of halogens is 2. The van der Waals surface area contributed by atoms with E-state index >= 15 is 0 Å². The van der Waals surface area contributed by atoms with E-state index in [-0.39, 0.29) is 38.1 Å². The maximum Gasteiger partial charge on any atom is 0.265 e. The van der Waals surface area contributed by atoms with E-state index in [0.717, 1.165) is 33.4 Å². The number of carbonyl (C=O) groups is 2. The van der Waals surface area contributed by atoms with Crippen LogP contribution in [0.2, 0.25) is 10.0 Å². The van der Waals surface area contributed by atoms with Gasteiger partial charge in [-0.2, -0.15) is 10.5 Å². The van der Waals surface area contributed by atoms with Crippen LogP contribution in [0.1, 0.15) is 0 Å². The molecule has 0 radical (unpaired) electrons. The van der Waals surface area contributed by atoms with Crippen molar-refractivity contribution >= 4 is 46.4 Å². The van der Waals surface area contributed by atoms with Crippen LogP contribution in [0.15, 0.2) is 72.8 Å². The summed E-state index contributed by atoms with van der Waals surface area (Å²) >= 11 is 14.0. The van der Waals surface area contributed by atoms with E-state index in [1.807, 2.05) is 72.8 Å². The predicted molar refractivity (Wildman–Crippen MR) is 160 cm³/mol. The smallest absolute Gasteiger partial charge is 0.265 e. The lowest BCUT2D eigenvalue weighted by Gasteiger charge is -2.28. The molecule has 4 aromatic rings. The average molecular weight is 595 g/mol. The van der Waals surface area contributed by atoms with E-state index in [2.05, 4.69) is 0 Å². The second-order valence-electron chi connectivity index (χ2n) is 9.55. The molecule has 0 spiro atoms. The van der Waals surface area contributed by atoms with Gasteiger partial charge in [-0.15, -0.1) is 0 Å². The van der Waals surface area contributed by atoms with Crippen LogP contribution in [0, 0.1) is 22.7 Å². The van der Waals surface area contributed by atoms with Gasteiger partial charge in [0.1, 0.15) is 24.6 Å². The molecule has 0 aromatic heterocycles. The summed E-state index contributed by atoms with van der Waals surface area (Å²) in [7, 11) is 0. The summed E-state index contributed by atoms with van der Waals surface area (Å²) < 4.78 is 11.3. The van der Waals surface area contributed by atoms with E-state index in [1.165, 1.54) is 9.80 Å². The highest BCUT2D eigenvalue weighted by atomic mass is 35.5. The van der Waals surface area contributed by atoms with Gasteiger partial charge >= 0.3 is 0 Å². The Morgan fingerprint density at radius 2 is 1.05 bits per heavy atom. The summed E-state index contributed by atoms with van der Waals surface area (Å²) in [4.78, 5) is 27.3. The SMILES string of the molecule is N#CCN1C(=O)COc2cc(-c3cccc(-c4cccc(-c5ccc6c(c5)OCC(=O)N6CC#N)c4Cl)c3Cl)ccc21. The van der Waals surface area contributed by atoms with Gasteiger partial charge in [0, 0.05) is 22.3 Å². The number of nitriles is 2. The molecule has 2 amide bonds. The molecule has 4 aromatic carbocycles. The Morgan fingerprint density at radius 1 is 0.643 bits per heavy atom. The molecular weight excluding hydrogens is 575 g/mol. The average Bonchev–Trinajstić information content (AvgIpc) is 3.00. The lowest BCUT2D eigenvalue weighted by Crippen LogP contribution is -2.38. The van der Waals surface area contributed by atoms with Crippen molar-refractivity contribution in [3.8, 4) is 57.0 Å². The lowest BCUT2D eigenvalue weighted by molar-refractivity contribution is -0.121. The molecule has 8 nitrogen and oxygen atoms in total. The Balaban J connectivity index is 1.38. The maximum absolute atomic E-state index is 12.2. The summed E-state index contributed by atoms with van der Waals surface area (Å²) in [5, 5.41) is 19.2. The first-order chi connectivity index (χ1) is 20.4. The molecule has 0 bridgehead atoms. The number of ether oxygens (including phenoxy) is 2. The Labute approximate surface area is 251 Å². The largest absolute Gasteiger partial charge is 0.482 e. The summed E-state index contributed by atoms with van der Waals surface area (Å²) in [6.07, 6.45) is 0. The zero-order valence-electron chi connectivity index (χ0n) is 21.9. The van der Waals surface area contributed by atoms with Crippen molar-refractivity contribution in [2.45, 2.75) is 0 Å². The molecule has 0 aliphatic carbocycles. The molecule has 0 fully saturated rings. The number of carbonyl (C=O) groups excluding carboxylic acids is 2. The van der Waals surface area contributed by atoms with Crippen LogP contribution in [0.5, 0.6) is 11.5 Å². The normalized spacial score (nSPS) is 13.8. The maximum atomic E-state index is 12.2. The fraction of sp³-hybridized carbons (Fsp3) is 0.125. The second-order valence-corrected chi connectivity index (χ2v) is 10.3. The van der Waals surface area contributed by atoms with Crippen molar-refractivity contribution < 1.29 is 19.1 Å². The molecule has 2 aliphatic heterocycles. The lowest BCUT2D eigenvalue weighted by atomic mass is 9.95. The highest BCUT2D eigenvalue weighted by Crippen LogP contribution is 2.45. The summed E-state index contributed by atoms with van der Waals surface area (Å²) in [6.45, 7) is -0.415. The predicted octanol–water partition coefficient (Wildman–Crippen LogP) is 6.49. The molecular formula is C32H20Cl2N4O4. The molecule has 0 N–H and O–H groups in total. The van der Waals surface area contributed by atoms with Crippen LogP contribution in [0.3, 0.4) is 0 Å². The quantitative estimate of drug-likeness (QED) is 0.244. The number of hydrogen-bond acceptors (Lipinski definition) is 6. The standard InChI is InChI=1S/C32H20Cl2N4O4/c33-31-21(19-7-9-25-27(15-19)41-17-29(39)37(25)13-11-35)3-1-5-23(31)24-6-2-4-22(32(24)34)20-8-10-26-28(16-20)42-18-30(40)38(26)14-12-36/h1-10,15-16H,13-14,17-18H2. The van der Waals surface area contributed by atoms with Crippen molar-refractivity contribution in [3.05, 3.63) is 82.8 Å². The fourth-order valence-corrected chi connectivity index (χ4v) is 5.83. The van der Waals surface area contributed by atoms with E-state index < -0.39 is 0 Å². The van der Waals surface area contributed by atoms with Gasteiger partial charge in [0.2, 0.25) is 0 Å². The summed E-state index contributed by atoms with van der Waals surface area (Å²) in [5.74, 6) is 0.441. The van der Waals surface area contributed by atoms with E-state index in [9.17, 15) is 9.59 Å². The molecule has 10 heteroatoms. The fourth-order valence-electron chi connectivity index (χ4n) is 5.16. The van der Waals surface area contributed by atoms with Crippen LogP contribution in [-0.2, 0) is 9.59 Å². The number of rotatable bonds is 5. The van der Waals surface area contributed by atoms with Crippen molar-refractivity contribution in [1.29, 1.82) is 10.5 Å². The minimum absolute atomic E-state index is 0.0633. The first-order valence-corrected chi connectivity index (χ1v) is 13.6. The van der Waals surface area contributed by atoms with Gasteiger partial charge in [0.15, 0.2) is 13.2 Å². The molecule has 0 saturated carbocycles. The number of anilines is 2. The minimum atomic E-state index is -0.273. The van der Waals surface area contributed by atoms with Gasteiger partial charge in [0.25, 0.3) is 11.8 Å². The van der Waals surface area contributed by atoms with Crippen molar-refractivity contribution in [2.75, 3.05) is 36.1 Å². The number of hydrogen-bond donors (Lipinski definition) is 0. The van der Waals surface area contributed by atoms with Crippen LogP contribution >= 0.6 is 23.2 Å². The van der Waals surface area contributed by atoms with E-state index in [4.69, 9.17) is 43.2 Å². The van der Waals surface area contributed by atoms with E-state index in [1.54, 1.807) is 12.1 Å². The third-order valence-corrected chi connectivity index (χ3v) is 7.99. The first kappa shape index (κ1) is 27.2. The zero-order valence-corrected chi connectivity index (χ0v) is 23.4. The molecule has 42 heavy (non-hydrogen) atoms. The summed E-state index contributed by atoms with van der Waals surface area (Å²) in [5.41, 5.74) is 5.57. The number of amides is 2. The third-order valence-electron chi connectivity index (χ3n) is 7.17. The third kappa shape index (κ3) is 4.67. The van der Waals surface area contributed by atoms with Gasteiger partial charge in [-0.05, 0) is 35.4 Å². The molecule has 2 aliphatic rings. The molecule has 0 atom stereocenters. The van der Waals surface area contributed by atoms with Crippen molar-refractivity contribution in [1.82, 2.24) is 0 Å². The van der Waals surface area contributed by atoms with E-state index in [0.29, 0.717) is 32.9 Å². The first-order valence-electron chi connectivity index (χ1n) is 12.9. The minimum Gasteiger partial charge on any atom is -0.482 e. The van der Waals surface area contributed by atoms with Crippen LogP contribution in [0.25, 0.3) is 33.4 Å². The Morgan fingerprint density at radius 3 is 1.45 bits per heavy atom. The molecule has 0 unspecified atom stereocenters. The van der Waals surface area contributed by atoms with Gasteiger partial charge in [0.05, 0.1) is 33.6 Å². The molecule has 206 valence electrons. The number of benzene rings is 4. The zero-order chi connectivity index (χ0) is 29.4. The van der Waals surface area contributed by atoms with Crippen LogP contribution < -0.4 is 19.3 Å². The van der Waals surface area contributed by atoms with Crippen molar-refractivity contribution in [2.24, 2.45) is 0 Å². The molecule has 0 saturated heterocycles. The van der Waals surface area contributed by atoms with Crippen LogP contribution in [0.4, 0.5) is 11.4 Å². The molecule has 2 heterocycles. The van der Waals surface area contributed by atoms with Gasteiger partial charge in [-0.1, -0.05) is 71.7 Å². The highest BCUT2D eigenvalue weighted by Gasteiger charge is 2.27. The number of nitrogens with zero attached hydrogens (tertiary/aromatic N) is 4. The second kappa shape index (κ2) is 11.1. The molecule has 6 rings (SSSR count). The summed E-state index contributed by atoms with van der Waals surface area (Å²) in [6, 6.07) is 26.2. The Kier molecular flexibility index (Phi) is 7.18. The monoisotopic (exact) mass is 594 g/mol. The Bertz CT molecular complexity index is 1730. The topological polar surface area (TPSA) is 107 Å². The Hall–Kier alpha value is -5.02. The van der Waals surface area contributed by atoms with Gasteiger partial charge < -0.3 is 9.47 Å². The van der Waals surface area contributed by atoms with Crippen molar-refractivity contribution in [3.63, 3.8) is 0 Å². The van der Waals surface area contributed by atoms with Gasteiger partial charge in [-0.25, -0.2) is 0 Å². The highest BCUT2D eigenvalue weighted by molar-refractivity contribution is 6.39. The van der Waals surface area contributed by atoms with Crippen LogP contribution in [-0.4, -0.2) is 38.1 Å².